The summed E-state index contributed by atoms with van der Waals surface area (Å²) in [5, 5.41) is 3.33. The van der Waals surface area contributed by atoms with Crippen LogP contribution in [-0.4, -0.2) is 44.3 Å². The van der Waals surface area contributed by atoms with Gasteiger partial charge in [0, 0.05) is 24.5 Å². The van der Waals surface area contributed by atoms with Crippen LogP contribution in [0.3, 0.4) is 0 Å². The second kappa shape index (κ2) is 14.1. The maximum atomic E-state index is 14.2. The molecular formula is C32H31ClFN3O4S. The van der Waals surface area contributed by atoms with E-state index in [1.54, 1.807) is 49.4 Å². The number of nitrogens with one attached hydrogen (secondary N) is 1. The summed E-state index contributed by atoms with van der Waals surface area (Å²) in [5.41, 5.74) is 1.64. The largest absolute Gasteiger partial charge is 0.355 e. The molecule has 0 heterocycles. The van der Waals surface area contributed by atoms with Crippen molar-refractivity contribution in [3.8, 4) is 0 Å². The number of likely N-dealkylation sites (N-methyl/N-ethyl adjacent to an activating group) is 1. The number of carbonyl (C=O) groups excluding carboxylic acids is 2. The summed E-state index contributed by atoms with van der Waals surface area (Å²) < 4.78 is 42.4. The Balaban J connectivity index is 1.78. The van der Waals surface area contributed by atoms with Gasteiger partial charge in [0.15, 0.2) is 0 Å². The number of benzene rings is 4. The topological polar surface area (TPSA) is 86.8 Å². The predicted molar refractivity (Wildman–Crippen MR) is 162 cm³/mol. The minimum atomic E-state index is -4.24. The van der Waals surface area contributed by atoms with E-state index in [9.17, 15) is 22.4 Å². The summed E-state index contributed by atoms with van der Waals surface area (Å²) in [5.74, 6) is -1.53. The summed E-state index contributed by atoms with van der Waals surface area (Å²) in [6.45, 7) is 1.52. The molecule has 0 bridgehead atoms. The molecule has 0 aliphatic carbocycles. The van der Waals surface area contributed by atoms with E-state index < -0.39 is 34.3 Å². The zero-order chi connectivity index (χ0) is 30.1. The quantitative estimate of drug-likeness (QED) is 0.232. The smallest absolute Gasteiger partial charge is 0.264 e. The molecule has 0 saturated heterocycles. The zero-order valence-electron chi connectivity index (χ0n) is 23.0. The van der Waals surface area contributed by atoms with Crippen molar-refractivity contribution in [1.82, 2.24) is 10.2 Å². The molecule has 0 fully saturated rings. The average Bonchev–Trinajstić information content (AvgIpc) is 3.00. The third kappa shape index (κ3) is 7.74. The maximum absolute atomic E-state index is 14.2. The number of halogens is 2. The Bertz CT molecular complexity index is 1590. The summed E-state index contributed by atoms with van der Waals surface area (Å²) in [6.07, 6.45) is 0.202. The fourth-order valence-corrected chi connectivity index (χ4v) is 6.05. The lowest BCUT2D eigenvalue weighted by Crippen LogP contribution is -2.53. The van der Waals surface area contributed by atoms with Crippen LogP contribution in [0.1, 0.15) is 18.1 Å². The van der Waals surface area contributed by atoms with Gasteiger partial charge in [0.2, 0.25) is 11.8 Å². The van der Waals surface area contributed by atoms with Gasteiger partial charge in [-0.2, -0.15) is 0 Å². The van der Waals surface area contributed by atoms with E-state index in [-0.39, 0.29) is 29.5 Å². The van der Waals surface area contributed by atoms with Crippen molar-refractivity contribution in [2.75, 3.05) is 17.4 Å². The summed E-state index contributed by atoms with van der Waals surface area (Å²) in [7, 11) is -4.24. The highest BCUT2D eigenvalue weighted by molar-refractivity contribution is 7.92. The van der Waals surface area contributed by atoms with E-state index >= 15 is 0 Å². The fraction of sp³-hybridized carbons (Fsp3) is 0.188. The number of hydrogen-bond acceptors (Lipinski definition) is 4. The first-order valence-corrected chi connectivity index (χ1v) is 15.2. The molecule has 1 unspecified atom stereocenters. The van der Waals surface area contributed by atoms with Gasteiger partial charge >= 0.3 is 0 Å². The van der Waals surface area contributed by atoms with Crippen LogP contribution in [0.25, 0.3) is 0 Å². The minimum Gasteiger partial charge on any atom is -0.355 e. The number of hydrogen-bond donors (Lipinski definition) is 1. The Labute approximate surface area is 250 Å². The van der Waals surface area contributed by atoms with Crippen molar-refractivity contribution in [1.29, 1.82) is 0 Å². The molecule has 1 N–H and O–H groups in total. The van der Waals surface area contributed by atoms with Crippen molar-refractivity contribution in [2.45, 2.75) is 30.8 Å². The van der Waals surface area contributed by atoms with Crippen molar-refractivity contribution in [2.24, 2.45) is 0 Å². The number of rotatable bonds is 12. The molecule has 4 aromatic rings. The Kier molecular flexibility index (Phi) is 10.3. The van der Waals surface area contributed by atoms with Gasteiger partial charge in [-0.25, -0.2) is 12.8 Å². The van der Waals surface area contributed by atoms with Crippen LogP contribution in [0, 0.1) is 5.82 Å². The van der Waals surface area contributed by atoms with Gasteiger partial charge in [-0.3, -0.25) is 13.9 Å². The summed E-state index contributed by atoms with van der Waals surface area (Å²) in [6, 6.07) is 27.7. The van der Waals surface area contributed by atoms with Gasteiger partial charge in [0.1, 0.15) is 18.4 Å². The highest BCUT2D eigenvalue weighted by Crippen LogP contribution is 2.25. The van der Waals surface area contributed by atoms with Gasteiger partial charge in [-0.15, -0.1) is 0 Å². The average molecular weight is 608 g/mol. The van der Waals surface area contributed by atoms with Crippen molar-refractivity contribution in [3.05, 3.63) is 131 Å². The van der Waals surface area contributed by atoms with Gasteiger partial charge in [0.25, 0.3) is 10.0 Å². The molecule has 0 radical (unpaired) electrons. The minimum absolute atomic E-state index is 0.0211. The Morgan fingerprint density at radius 2 is 1.43 bits per heavy atom. The Morgan fingerprint density at radius 1 is 0.833 bits per heavy atom. The lowest BCUT2D eigenvalue weighted by atomic mass is 10.0. The van der Waals surface area contributed by atoms with Crippen LogP contribution in [0.15, 0.2) is 114 Å². The SMILES string of the molecule is CCNC(=O)C(Cc1ccccc1)N(Cc1ccc(Cl)cc1)C(=O)CN(c1ccc(F)cc1)S(=O)(=O)c1ccccc1. The van der Waals surface area contributed by atoms with Crippen molar-refractivity contribution in [3.63, 3.8) is 0 Å². The van der Waals surface area contributed by atoms with Gasteiger partial charge < -0.3 is 10.2 Å². The second-order valence-electron chi connectivity index (χ2n) is 9.55. The van der Waals surface area contributed by atoms with Crippen LogP contribution < -0.4 is 9.62 Å². The standard InChI is InChI=1S/C32H31ClFN3O4S/c1-2-35-32(39)30(21-24-9-5-3-6-10-24)36(22-25-13-15-26(33)16-14-25)31(38)23-37(28-19-17-27(34)18-20-28)42(40,41)29-11-7-4-8-12-29/h3-20,30H,2,21-23H2,1H3,(H,35,39). The molecule has 7 nitrogen and oxygen atoms in total. The van der Waals surface area contributed by atoms with Crippen LogP contribution in [0.5, 0.6) is 0 Å². The predicted octanol–water partition coefficient (Wildman–Crippen LogP) is 5.45. The lowest BCUT2D eigenvalue weighted by Gasteiger charge is -2.33. The molecule has 2 amide bonds. The molecule has 1 atom stereocenters. The van der Waals surface area contributed by atoms with Crippen molar-refractivity contribution < 1.29 is 22.4 Å². The number of amides is 2. The lowest BCUT2D eigenvalue weighted by molar-refractivity contribution is -0.140. The van der Waals surface area contributed by atoms with E-state index in [1.165, 1.54) is 29.2 Å². The molecule has 218 valence electrons. The van der Waals surface area contributed by atoms with E-state index in [0.717, 1.165) is 22.0 Å². The van der Waals surface area contributed by atoms with E-state index in [1.807, 2.05) is 30.3 Å². The fourth-order valence-electron chi connectivity index (χ4n) is 4.49. The van der Waals surface area contributed by atoms with Gasteiger partial charge in [-0.05, 0) is 66.6 Å². The van der Waals surface area contributed by atoms with E-state index in [4.69, 9.17) is 11.6 Å². The monoisotopic (exact) mass is 607 g/mol. The molecule has 0 aromatic heterocycles. The number of carbonyl (C=O) groups is 2. The Hall–Kier alpha value is -4.21. The number of nitrogens with zero attached hydrogens (tertiary/aromatic N) is 2. The number of sulfonamides is 1. The number of anilines is 1. The highest BCUT2D eigenvalue weighted by Gasteiger charge is 2.34. The molecule has 0 aliphatic rings. The maximum Gasteiger partial charge on any atom is 0.264 e. The first kappa shape index (κ1) is 30.7. The third-order valence-electron chi connectivity index (χ3n) is 6.61. The van der Waals surface area contributed by atoms with Crippen LogP contribution in [0.4, 0.5) is 10.1 Å². The first-order valence-electron chi connectivity index (χ1n) is 13.4. The molecule has 42 heavy (non-hydrogen) atoms. The molecular weight excluding hydrogens is 577 g/mol. The van der Waals surface area contributed by atoms with Crippen LogP contribution in [0.2, 0.25) is 5.02 Å². The van der Waals surface area contributed by atoms with Gasteiger partial charge in [-0.1, -0.05) is 72.3 Å². The van der Waals surface area contributed by atoms with E-state index in [0.29, 0.717) is 17.1 Å². The molecule has 0 saturated carbocycles. The van der Waals surface area contributed by atoms with Crippen LogP contribution >= 0.6 is 11.6 Å². The third-order valence-corrected chi connectivity index (χ3v) is 8.65. The molecule has 0 aliphatic heterocycles. The first-order chi connectivity index (χ1) is 20.2. The van der Waals surface area contributed by atoms with Gasteiger partial charge in [0.05, 0.1) is 10.6 Å². The molecule has 10 heteroatoms. The van der Waals surface area contributed by atoms with Crippen molar-refractivity contribution >= 4 is 39.1 Å². The zero-order valence-corrected chi connectivity index (χ0v) is 24.6. The van der Waals surface area contributed by atoms with Crippen LogP contribution in [-0.2, 0) is 32.6 Å². The van der Waals surface area contributed by atoms with E-state index in [2.05, 4.69) is 5.32 Å². The molecule has 4 aromatic carbocycles. The normalized spacial score (nSPS) is 11.9. The summed E-state index contributed by atoms with van der Waals surface area (Å²) in [4.78, 5) is 29.0. The molecule has 4 rings (SSSR count). The Morgan fingerprint density at radius 3 is 2.02 bits per heavy atom. The summed E-state index contributed by atoms with van der Waals surface area (Å²) >= 11 is 6.08. The highest BCUT2D eigenvalue weighted by atomic mass is 35.5. The second-order valence-corrected chi connectivity index (χ2v) is 11.8. The molecule has 0 spiro atoms.